The molecule has 0 radical (unpaired) electrons. The molecule has 1 aromatic carbocycles. The number of benzene rings is 1. The first-order valence-corrected chi connectivity index (χ1v) is 7.36. The lowest BCUT2D eigenvalue weighted by Crippen LogP contribution is -2.34. The Labute approximate surface area is 141 Å². The van der Waals surface area contributed by atoms with E-state index in [9.17, 15) is 24.9 Å². The summed E-state index contributed by atoms with van der Waals surface area (Å²) in [6.07, 6.45) is 4.74. The zero-order valence-electron chi connectivity index (χ0n) is 12.9. The highest BCUT2D eigenvalue weighted by molar-refractivity contribution is 5.86. The molecule has 1 aliphatic rings. The van der Waals surface area contributed by atoms with Gasteiger partial charge in [0.05, 0.1) is 0 Å². The van der Waals surface area contributed by atoms with Gasteiger partial charge in [0.25, 0.3) is 5.69 Å². The second kappa shape index (κ2) is 6.16. The van der Waals surface area contributed by atoms with Crippen LogP contribution in [0.5, 0.6) is 11.5 Å². The summed E-state index contributed by atoms with van der Waals surface area (Å²) >= 11 is 0. The molecule has 0 unspecified atom stereocenters. The Balaban J connectivity index is 1.97. The SMILES string of the molecule is O=C(O)c1cc(C=CN2c3cc(O)c(O)cc3C[C@H]2C(=O)O)cc[nH+]1. The fourth-order valence-electron chi connectivity index (χ4n) is 2.76. The monoisotopic (exact) mass is 343 g/mol. The number of aliphatic carboxylic acids is 1. The minimum absolute atomic E-state index is 0.00123. The molecule has 0 saturated carbocycles. The zero-order chi connectivity index (χ0) is 18.1. The second-order valence-corrected chi connectivity index (χ2v) is 5.59. The number of aromatic hydroxyl groups is 2. The maximum Gasteiger partial charge on any atom is 0.401 e. The fourth-order valence-corrected chi connectivity index (χ4v) is 2.76. The molecule has 0 aliphatic carbocycles. The molecule has 128 valence electrons. The van der Waals surface area contributed by atoms with E-state index in [0.717, 1.165) is 0 Å². The molecular weight excluding hydrogens is 328 g/mol. The van der Waals surface area contributed by atoms with E-state index in [1.807, 2.05) is 0 Å². The predicted molar refractivity (Wildman–Crippen MR) is 86.4 cm³/mol. The van der Waals surface area contributed by atoms with Crippen molar-refractivity contribution in [2.45, 2.75) is 12.5 Å². The number of fused-ring (bicyclic) bond motifs is 1. The number of aromatic nitrogens is 1. The van der Waals surface area contributed by atoms with E-state index in [2.05, 4.69) is 4.98 Å². The fraction of sp³-hybridized carbons (Fsp3) is 0.118. The molecule has 3 rings (SSSR count). The normalized spacial score (nSPS) is 16.2. The molecule has 8 heteroatoms. The minimum Gasteiger partial charge on any atom is -0.504 e. The summed E-state index contributed by atoms with van der Waals surface area (Å²) in [6.45, 7) is 0. The van der Waals surface area contributed by atoms with Gasteiger partial charge in [-0.3, -0.25) is 0 Å². The average molecular weight is 343 g/mol. The summed E-state index contributed by atoms with van der Waals surface area (Å²) < 4.78 is 0. The number of rotatable bonds is 4. The second-order valence-electron chi connectivity index (χ2n) is 5.59. The smallest absolute Gasteiger partial charge is 0.401 e. The van der Waals surface area contributed by atoms with Crippen molar-refractivity contribution in [2.75, 3.05) is 4.90 Å². The Bertz CT molecular complexity index is 893. The van der Waals surface area contributed by atoms with Gasteiger partial charge in [0.1, 0.15) is 6.04 Å². The minimum atomic E-state index is -1.11. The highest BCUT2D eigenvalue weighted by atomic mass is 16.4. The molecule has 0 spiro atoms. The van der Waals surface area contributed by atoms with Crippen molar-refractivity contribution in [1.82, 2.24) is 0 Å². The van der Waals surface area contributed by atoms with E-state index in [1.165, 1.54) is 35.5 Å². The highest BCUT2D eigenvalue weighted by Gasteiger charge is 2.34. The summed E-state index contributed by atoms with van der Waals surface area (Å²) in [6, 6.07) is 4.82. The maximum absolute atomic E-state index is 11.5. The van der Waals surface area contributed by atoms with Crippen LogP contribution in [-0.4, -0.2) is 38.4 Å². The third kappa shape index (κ3) is 3.09. The van der Waals surface area contributed by atoms with E-state index in [1.54, 1.807) is 12.1 Å². The van der Waals surface area contributed by atoms with Gasteiger partial charge < -0.3 is 25.3 Å². The van der Waals surface area contributed by atoms with Crippen LogP contribution in [0.2, 0.25) is 0 Å². The Morgan fingerprint density at radius 3 is 2.56 bits per heavy atom. The van der Waals surface area contributed by atoms with Crippen LogP contribution in [0.25, 0.3) is 6.08 Å². The number of nitrogens with zero attached hydrogens (tertiary/aromatic N) is 1. The number of phenolic OH excluding ortho intramolecular Hbond substituents is 2. The van der Waals surface area contributed by atoms with Gasteiger partial charge in [0, 0.05) is 36.5 Å². The molecular formula is C17H15N2O6+. The van der Waals surface area contributed by atoms with Crippen LogP contribution >= 0.6 is 0 Å². The third-order valence-corrected chi connectivity index (χ3v) is 3.97. The molecule has 5 N–H and O–H groups in total. The van der Waals surface area contributed by atoms with Crippen LogP contribution < -0.4 is 9.88 Å². The summed E-state index contributed by atoms with van der Waals surface area (Å²) in [4.78, 5) is 26.6. The van der Waals surface area contributed by atoms with Gasteiger partial charge in [-0.15, -0.1) is 0 Å². The van der Waals surface area contributed by atoms with Crippen molar-refractivity contribution in [2.24, 2.45) is 0 Å². The largest absolute Gasteiger partial charge is 0.504 e. The van der Waals surface area contributed by atoms with Crippen LogP contribution in [0.15, 0.2) is 36.7 Å². The molecule has 8 nitrogen and oxygen atoms in total. The zero-order valence-corrected chi connectivity index (χ0v) is 12.9. The van der Waals surface area contributed by atoms with Gasteiger partial charge in [-0.2, -0.15) is 0 Å². The molecule has 1 atom stereocenters. The van der Waals surface area contributed by atoms with E-state index < -0.39 is 18.0 Å². The number of hydrogen-bond acceptors (Lipinski definition) is 5. The molecule has 1 aliphatic heterocycles. The molecule has 0 fully saturated rings. The number of H-pyrrole nitrogens is 1. The quantitative estimate of drug-likeness (QED) is 0.611. The van der Waals surface area contributed by atoms with E-state index in [0.29, 0.717) is 16.8 Å². The number of carboxylic acid groups (broad SMARTS) is 2. The summed E-state index contributed by atoms with van der Waals surface area (Å²) in [5, 5.41) is 37.7. The van der Waals surface area contributed by atoms with Gasteiger partial charge in [0.2, 0.25) is 0 Å². The first-order chi connectivity index (χ1) is 11.9. The van der Waals surface area contributed by atoms with E-state index in [4.69, 9.17) is 5.11 Å². The molecule has 2 heterocycles. The molecule has 25 heavy (non-hydrogen) atoms. The lowest BCUT2D eigenvalue weighted by Gasteiger charge is -2.20. The van der Waals surface area contributed by atoms with Crippen molar-refractivity contribution >= 4 is 23.7 Å². The topological polar surface area (TPSA) is 132 Å². The number of carbonyl (C=O) groups is 2. The Morgan fingerprint density at radius 1 is 1.16 bits per heavy atom. The van der Waals surface area contributed by atoms with Crippen LogP contribution in [0.4, 0.5) is 5.69 Å². The predicted octanol–water partition coefficient (Wildman–Crippen LogP) is 1.10. The number of phenols is 2. The number of nitrogens with one attached hydrogen (secondary N) is 1. The number of hydrogen-bond donors (Lipinski definition) is 4. The summed E-state index contributed by atoms with van der Waals surface area (Å²) in [5.41, 5.74) is 1.64. The van der Waals surface area contributed by atoms with Crippen LogP contribution in [0.1, 0.15) is 21.6 Å². The molecule has 2 aromatic rings. The summed E-state index contributed by atoms with van der Waals surface area (Å²) in [5.74, 6) is -2.80. The number of pyridine rings is 1. The molecule has 0 saturated heterocycles. The number of aromatic amines is 1. The lowest BCUT2D eigenvalue weighted by molar-refractivity contribution is -0.383. The van der Waals surface area contributed by atoms with Gasteiger partial charge >= 0.3 is 11.9 Å². The molecule has 0 amide bonds. The number of carboxylic acids is 2. The van der Waals surface area contributed by atoms with Gasteiger partial charge in [-0.1, -0.05) is 0 Å². The van der Waals surface area contributed by atoms with Gasteiger partial charge in [0.15, 0.2) is 17.7 Å². The lowest BCUT2D eigenvalue weighted by atomic mass is 10.1. The number of aromatic carboxylic acids is 1. The molecule has 0 bridgehead atoms. The van der Waals surface area contributed by atoms with E-state index in [-0.39, 0.29) is 23.6 Å². The van der Waals surface area contributed by atoms with Crippen molar-refractivity contribution in [3.8, 4) is 11.5 Å². The molecule has 1 aromatic heterocycles. The highest BCUT2D eigenvalue weighted by Crippen LogP contribution is 2.40. The standard InChI is InChI=1S/C17H14N2O6/c20-14-7-10-6-13(17(24)25)19(12(10)8-15(14)21)4-2-9-1-3-18-11(5-9)16(22)23/h1-5,7-8,13,20-21H,6H2,(H,22,23)(H,24,25)/p+1/t13-/m0/s1. The van der Waals surface area contributed by atoms with Crippen molar-refractivity contribution < 1.29 is 35.0 Å². The average Bonchev–Trinajstić information content (AvgIpc) is 2.91. The Kier molecular flexibility index (Phi) is 4.02. The van der Waals surface area contributed by atoms with Crippen LogP contribution in [-0.2, 0) is 11.2 Å². The van der Waals surface area contributed by atoms with Crippen molar-refractivity contribution in [3.05, 3.63) is 53.5 Å². The maximum atomic E-state index is 11.5. The van der Waals surface area contributed by atoms with Crippen molar-refractivity contribution in [3.63, 3.8) is 0 Å². The third-order valence-electron chi connectivity index (χ3n) is 3.97. The Hall–Kier alpha value is -3.55. The first-order valence-electron chi connectivity index (χ1n) is 7.36. The number of anilines is 1. The van der Waals surface area contributed by atoms with Crippen LogP contribution in [0, 0.1) is 0 Å². The van der Waals surface area contributed by atoms with Crippen LogP contribution in [0.3, 0.4) is 0 Å². The van der Waals surface area contributed by atoms with Crippen molar-refractivity contribution in [1.29, 1.82) is 0 Å². The first kappa shape index (κ1) is 16.3. The van der Waals surface area contributed by atoms with Gasteiger partial charge in [-0.05, 0) is 23.3 Å². The Morgan fingerprint density at radius 2 is 1.88 bits per heavy atom. The summed E-state index contributed by atoms with van der Waals surface area (Å²) in [7, 11) is 0. The van der Waals surface area contributed by atoms with E-state index >= 15 is 0 Å². The van der Waals surface area contributed by atoms with Gasteiger partial charge in [-0.25, -0.2) is 14.6 Å².